The van der Waals surface area contributed by atoms with Crippen LogP contribution in [0.25, 0.3) is 11.0 Å². The molecule has 1 saturated carbocycles. The molecule has 158 valence electrons. The first kappa shape index (κ1) is 12.6. The highest BCUT2D eigenvalue weighted by molar-refractivity contribution is 7.88. The topological polar surface area (TPSA) is 117 Å². The maximum atomic E-state index is 12.8. The van der Waals surface area contributed by atoms with Crippen LogP contribution in [0.1, 0.15) is 49.5 Å². The third-order valence-electron chi connectivity index (χ3n) is 5.41. The van der Waals surface area contributed by atoms with E-state index in [-0.39, 0.29) is 27.9 Å². The predicted molar refractivity (Wildman–Crippen MR) is 110 cm³/mol. The Bertz CT molecular complexity index is 1360. The van der Waals surface area contributed by atoms with Gasteiger partial charge in [-0.2, -0.15) is 4.98 Å². The van der Waals surface area contributed by atoms with E-state index in [2.05, 4.69) is 15.3 Å². The summed E-state index contributed by atoms with van der Waals surface area (Å²) in [6.45, 7) is -0.393. The highest BCUT2D eigenvalue weighted by atomic mass is 32.2. The summed E-state index contributed by atoms with van der Waals surface area (Å²) in [5, 5.41) is 13.0. The normalized spacial score (nSPS) is 35.9. The number of rotatable bonds is 4. The zero-order chi connectivity index (χ0) is 27.8. The van der Waals surface area contributed by atoms with Gasteiger partial charge in [0.1, 0.15) is 5.65 Å². The van der Waals surface area contributed by atoms with E-state index in [1.54, 1.807) is 6.92 Å². The van der Waals surface area contributed by atoms with E-state index in [0.717, 1.165) is 0 Å². The molecule has 3 heterocycles. The zero-order valence-electron chi connectivity index (χ0n) is 23.7. The average molecular weight is 430 g/mol. The van der Waals surface area contributed by atoms with Crippen molar-refractivity contribution >= 4 is 27.0 Å². The van der Waals surface area contributed by atoms with E-state index >= 15 is 0 Å². The van der Waals surface area contributed by atoms with E-state index in [0.29, 0.717) is 18.2 Å². The average Bonchev–Trinajstić information content (AvgIpc) is 3.09. The first-order chi connectivity index (χ1) is 16.8. The van der Waals surface area contributed by atoms with Gasteiger partial charge in [-0.05, 0) is 31.7 Å². The Morgan fingerprint density at radius 1 is 1.34 bits per heavy atom. The Morgan fingerprint density at radius 3 is 2.76 bits per heavy atom. The summed E-state index contributed by atoms with van der Waals surface area (Å²) in [5.41, 5.74) is -0.249. The number of hydrogen-bond donors (Lipinski definition) is 2. The molecule has 2 N–H and O–H groups in total. The summed E-state index contributed by atoms with van der Waals surface area (Å²) >= 11 is 0. The predicted octanol–water partition coefficient (Wildman–Crippen LogP) is 0.959. The number of piperidine rings is 1. The fourth-order valence-corrected chi connectivity index (χ4v) is 4.20. The van der Waals surface area contributed by atoms with E-state index in [9.17, 15) is 18.3 Å². The van der Waals surface area contributed by atoms with Crippen molar-refractivity contribution in [2.45, 2.75) is 50.7 Å². The van der Waals surface area contributed by atoms with Crippen molar-refractivity contribution in [3.8, 4) is 0 Å². The van der Waals surface area contributed by atoms with Gasteiger partial charge < -0.3 is 10.4 Å². The van der Waals surface area contributed by atoms with Gasteiger partial charge in [0, 0.05) is 58.3 Å². The first-order valence-electron chi connectivity index (χ1n) is 13.2. The van der Waals surface area contributed by atoms with Crippen LogP contribution in [0.3, 0.4) is 0 Å². The van der Waals surface area contributed by atoms with E-state index in [1.165, 1.54) is 22.9 Å². The molecule has 0 spiro atoms. The minimum atomic E-state index is -5.07. The molecule has 1 saturated heterocycles. The number of sulfonamides is 1. The fraction of sp³-hybridized carbons (Fsp3) is 0.632. The van der Waals surface area contributed by atoms with Crippen LogP contribution < -0.4 is 10.9 Å². The highest BCUT2D eigenvalue weighted by Crippen LogP contribution is 2.36. The van der Waals surface area contributed by atoms with Crippen LogP contribution in [0, 0.1) is 5.92 Å². The molecule has 4 rings (SSSR count). The molecule has 2 aromatic heterocycles. The second-order valence-corrected chi connectivity index (χ2v) is 8.68. The van der Waals surface area contributed by atoms with Crippen LogP contribution in [0.2, 0.25) is 0 Å². The molecule has 0 aromatic carbocycles. The molecule has 3 atom stereocenters. The molecule has 2 aliphatic rings. The van der Waals surface area contributed by atoms with Gasteiger partial charge in [0.15, 0.2) is 0 Å². The lowest BCUT2D eigenvalue weighted by Crippen LogP contribution is -2.42. The molecule has 29 heavy (non-hydrogen) atoms. The van der Waals surface area contributed by atoms with Gasteiger partial charge >= 0.3 is 0 Å². The lowest BCUT2D eigenvalue weighted by molar-refractivity contribution is 0.129. The van der Waals surface area contributed by atoms with Crippen LogP contribution >= 0.6 is 0 Å². The van der Waals surface area contributed by atoms with E-state index in [4.69, 9.17) is 11.0 Å². The number of aromatic nitrogens is 3. The molecule has 10 heteroatoms. The Morgan fingerprint density at radius 2 is 2.10 bits per heavy atom. The van der Waals surface area contributed by atoms with Gasteiger partial charge in [0.05, 0.1) is 13.7 Å². The quantitative estimate of drug-likeness (QED) is 0.743. The number of hydrogen-bond acceptors (Lipinski definition) is 7. The Kier molecular flexibility index (Phi) is 3.33. The number of aliphatic hydroxyl groups excluding tert-OH is 1. The van der Waals surface area contributed by atoms with Crippen molar-refractivity contribution in [2.75, 3.05) is 24.6 Å². The fourth-order valence-electron chi connectivity index (χ4n) is 3.73. The first-order valence-corrected chi connectivity index (χ1v) is 10.6. The van der Waals surface area contributed by atoms with Crippen molar-refractivity contribution in [3.05, 3.63) is 28.7 Å². The third kappa shape index (κ3) is 4.01. The molecule has 2 fully saturated rings. The van der Waals surface area contributed by atoms with Gasteiger partial charge in [-0.1, -0.05) is 6.92 Å². The van der Waals surface area contributed by atoms with Gasteiger partial charge in [-0.25, -0.2) is 17.7 Å². The van der Waals surface area contributed by atoms with Gasteiger partial charge in [-0.15, -0.1) is 0 Å². The number of pyridine rings is 1. The maximum absolute atomic E-state index is 12.8. The summed E-state index contributed by atoms with van der Waals surface area (Å²) in [5.74, 6) is -0.641. The summed E-state index contributed by atoms with van der Waals surface area (Å²) in [4.78, 5) is 21.1. The number of aliphatic hydroxyl groups is 1. The number of nitrogens with zero attached hydrogens (tertiary/aromatic N) is 4. The van der Waals surface area contributed by atoms with Crippen molar-refractivity contribution < 1.29 is 24.5 Å². The third-order valence-corrected chi connectivity index (χ3v) is 6.35. The Hall–Kier alpha value is -2.04. The highest BCUT2D eigenvalue weighted by Gasteiger charge is 2.34. The Balaban J connectivity index is 1.76. The van der Waals surface area contributed by atoms with Crippen LogP contribution in [0.4, 0.5) is 5.95 Å². The van der Waals surface area contributed by atoms with Gasteiger partial charge in [-0.3, -0.25) is 9.36 Å². The van der Waals surface area contributed by atoms with E-state index in [1.807, 2.05) is 0 Å². The number of nitrogens with one attached hydrogen (secondary N) is 1. The molecule has 1 aliphatic heterocycles. The summed E-state index contributed by atoms with van der Waals surface area (Å²) in [6, 6.07) is -0.405. The monoisotopic (exact) mass is 429 g/mol. The molecular weight excluding hydrogens is 394 g/mol. The van der Waals surface area contributed by atoms with Crippen molar-refractivity contribution in [1.82, 2.24) is 18.8 Å². The lowest BCUT2D eigenvalue weighted by atomic mass is 10.0. The number of fused-ring (bicyclic) bond motifs is 1. The summed E-state index contributed by atoms with van der Waals surface area (Å²) in [6.07, 6.45) is -7.72. The van der Waals surface area contributed by atoms with Crippen LogP contribution in [-0.4, -0.2) is 63.8 Å². The van der Waals surface area contributed by atoms with Gasteiger partial charge in [0.2, 0.25) is 16.0 Å². The summed E-state index contributed by atoms with van der Waals surface area (Å²) in [7, 11) is -5.07. The van der Waals surface area contributed by atoms with Crippen LogP contribution in [0.5, 0.6) is 0 Å². The molecule has 1 aliphatic carbocycles. The molecule has 0 unspecified atom stereocenters. The summed E-state index contributed by atoms with van der Waals surface area (Å²) < 4.78 is 90.4. The Labute approximate surface area is 181 Å². The lowest BCUT2D eigenvalue weighted by Gasteiger charge is -2.30. The second kappa shape index (κ2) is 7.66. The van der Waals surface area contributed by atoms with Gasteiger partial charge in [0.25, 0.3) is 5.56 Å². The minimum absolute atomic E-state index is 0.142. The van der Waals surface area contributed by atoms with Crippen LogP contribution in [-0.2, 0) is 10.0 Å². The maximum Gasteiger partial charge on any atom is 0.252 e. The van der Waals surface area contributed by atoms with Crippen molar-refractivity contribution in [2.24, 2.45) is 5.92 Å². The van der Waals surface area contributed by atoms with Crippen molar-refractivity contribution in [3.63, 3.8) is 0 Å². The largest absolute Gasteiger partial charge is 0.393 e. The molecule has 0 radical (unpaired) electrons. The molecule has 9 nitrogen and oxygen atoms in total. The van der Waals surface area contributed by atoms with Crippen molar-refractivity contribution in [1.29, 1.82) is 0 Å². The van der Waals surface area contributed by atoms with E-state index < -0.39 is 59.7 Å². The second-order valence-electron chi connectivity index (χ2n) is 7.21. The minimum Gasteiger partial charge on any atom is -0.393 e. The molecule has 0 amide bonds. The number of anilines is 1. The molecule has 0 bridgehead atoms. The smallest absolute Gasteiger partial charge is 0.252 e. The molecule has 2 aromatic rings. The zero-order valence-corrected chi connectivity index (χ0v) is 16.5. The molecular formula is C19H27N5O4S. The van der Waals surface area contributed by atoms with Crippen LogP contribution in [0.15, 0.2) is 23.1 Å². The SMILES string of the molecule is [2H]C1([2H])CN(S(=O)(=O)C([2H])([2H])[2H])CC([2H])([2H])C1([2H])Nc1ncc2ccc(=O)n([C@H]3CC[C@H](O)[C@@H]3C)c2n1. The standard InChI is InChI=1S/C19H27N5O4S/c1-12-15(4-5-16(12)25)24-17(26)6-3-13-11-20-19(22-18(13)24)21-14-7-9-23(10-8-14)29(2,27)28/h3,6,11-12,14-16,25H,4-5,7-10H2,1-2H3,(H,20,21,22)/t12-,15+,16+/m1/s1/i2D3,7D2,8D2,14D.